The summed E-state index contributed by atoms with van der Waals surface area (Å²) in [5, 5.41) is 10.7. The van der Waals surface area contributed by atoms with Gasteiger partial charge in [-0.15, -0.1) is 0 Å². The fourth-order valence-corrected chi connectivity index (χ4v) is 3.81. The van der Waals surface area contributed by atoms with Crippen LogP contribution in [0.4, 0.5) is 4.79 Å². The van der Waals surface area contributed by atoms with Gasteiger partial charge in [0.25, 0.3) is 0 Å². The maximum atomic E-state index is 11.4. The van der Waals surface area contributed by atoms with E-state index in [1.54, 1.807) is 0 Å². The average molecular weight is 545 g/mol. The van der Waals surface area contributed by atoms with Gasteiger partial charge in [0.2, 0.25) is 0 Å². The van der Waals surface area contributed by atoms with Gasteiger partial charge in [-0.05, 0) is 45.1 Å². The summed E-state index contributed by atoms with van der Waals surface area (Å²) in [7, 11) is 0. The van der Waals surface area contributed by atoms with E-state index in [-0.39, 0.29) is 11.9 Å². The molecular weight excluding hydrogens is 484 g/mol. The Morgan fingerprint density at radius 3 is 1.39 bits per heavy atom. The topological polar surface area (TPSA) is 128 Å². The van der Waals surface area contributed by atoms with Gasteiger partial charge in [0, 0.05) is 19.4 Å². The largest absolute Gasteiger partial charge is 0.466 e. The molecule has 0 atom stereocenters. The van der Waals surface area contributed by atoms with Crippen molar-refractivity contribution in [1.29, 1.82) is 0 Å². The van der Waals surface area contributed by atoms with E-state index in [0.717, 1.165) is 51.4 Å². The van der Waals surface area contributed by atoms with Crippen LogP contribution in [-0.2, 0) is 19.1 Å². The van der Waals surface area contributed by atoms with Crippen molar-refractivity contribution in [3.8, 4) is 0 Å². The molecule has 8 heteroatoms. The van der Waals surface area contributed by atoms with Gasteiger partial charge in [-0.25, -0.2) is 4.79 Å². The molecular formula is C30H60N2O6. The van der Waals surface area contributed by atoms with Crippen LogP contribution in [0.1, 0.15) is 149 Å². The van der Waals surface area contributed by atoms with Crippen LogP contribution in [0.25, 0.3) is 0 Å². The van der Waals surface area contributed by atoms with Crippen molar-refractivity contribution >= 4 is 18.0 Å². The van der Waals surface area contributed by atoms with Crippen molar-refractivity contribution in [2.45, 2.75) is 149 Å². The Bertz CT molecular complexity index is 531. The minimum Gasteiger partial charge on any atom is -0.466 e. The Labute approximate surface area is 233 Å². The van der Waals surface area contributed by atoms with Crippen LogP contribution in [0.3, 0.4) is 0 Å². The molecule has 0 fully saturated rings. The first-order chi connectivity index (χ1) is 18.5. The number of hydrogen-bond donors (Lipinski definition) is 3. The molecule has 8 nitrogen and oxygen atoms in total. The van der Waals surface area contributed by atoms with Crippen molar-refractivity contribution in [3.63, 3.8) is 0 Å². The lowest BCUT2D eigenvalue weighted by Crippen LogP contribution is -2.21. The number of carbonyl (C=O) groups excluding carboxylic acids is 2. The minimum atomic E-state index is -0.996. The van der Waals surface area contributed by atoms with Crippen LogP contribution in [0.15, 0.2) is 0 Å². The quantitative estimate of drug-likeness (QED) is 0.0758. The standard InChI is InChI=1S/C16H31NO4.C14H29NO2/c1-2-3-4-5-6-7-11-14-21-15(18)12-9-8-10-13-17-16(19)20;1-2-3-4-5-6-7-10-13-17-14(16)11-8-9-12-15/h17H,2-14H2,1H3,(H,19,20);2-13,15H2,1H3. The van der Waals surface area contributed by atoms with Gasteiger partial charge in [-0.2, -0.15) is 0 Å². The van der Waals surface area contributed by atoms with E-state index in [0.29, 0.717) is 39.1 Å². The molecule has 0 saturated heterocycles. The third kappa shape index (κ3) is 36.3. The van der Waals surface area contributed by atoms with Gasteiger partial charge >= 0.3 is 18.0 Å². The number of esters is 2. The number of ether oxygens (including phenoxy) is 2. The van der Waals surface area contributed by atoms with Crippen LogP contribution in [0.5, 0.6) is 0 Å². The molecule has 0 aromatic carbocycles. The lowest BCUT2D eigenvalue weighted by molar-refractivity contribution is -0.144. The van der Waals surface area contributed by atoms with Gasteiger partial charge in [-0.1, -0.05) is 97.3 Å². The highest BCUT2D eigenvalue weighted by Crippen LogP contribution is 2.08. The third-order valence-corrected chi connectivity index (χ3v) is 6.19. The van der Waals surface area contributed by atoms with Crippen LogP contribution < -0.4 is 11.1 Å². The number of nitrogens with one attached hydrogen (secondary N) is 1. The fourth-order valence-electron chi connectivity index (χ4n) is 3.81. The second-order valence-corrected chi connectivity index (χ2v) is 9.97. The number of amides is 1. The fraction of sp³-hybridized carbons (Fsp3) is 0.900. The number of nitrogens with two attached hydrogens (primary N) is 1. The van der Waals surface area contributed by atoms with E-state index in [2.05, 4.69) is 19.2 Å². The highest BCUT2D eigenvalue weighted by atomic mass is 16.5. The number of hydrogen-bond acceptors (Lipinski definition) is 6. The van der Waals surface area contributed by atoms with Crippen LogP contribution >= 0.6 is 0 Å². The van der Waals surface area contributed by atoms with E-state index in [9.17, 15) is 14.4 Å². The normalized spacial score (nSPS) is 10.4. The zero-order chi connectivity index (χ0) is 28.5. The van der Waals surface area contributed by atoms with Gasteiger partial charge in [0.05, 0.1) is 13.2 Å². The number of carbonyl (C=O) groups is 3. The van der Waals surface area contributed by atoms with E-state index in [4.69, 9.17) is 20.3 Å². The van der Waals surface area contributed by atoms with Gasteiger partial charge in [0.15, 0.2) is 0 Å². The monoisotopic (exact) mass is 544 g/mol. The summed E-state index contributed by atoms with van der Waals surface area (Å²) in [6.45, 7) is 6.67. The predicted molar refractivity (Wildman–Crippen MR) is 155 cm³/mol. The lowest BCUT2D eigenvalue weighted by Gasteiger charge is -2.05. The van der Waals surface area contributed by atoms with E-state index in [1.807, 2.05) is 0 Å². The molecule has 0 aliphatic carbocycles. The molecule has 226 valence electrons. The molecule has 38 heavy (non-hydrogen) atoms. The zero-order valence-electron chi connectivity index (χ0n) is 24.7. The van der Waals surface area contributed by atoms with E-state index in [1.165, 1.54) is 70.6 Å². The lowest BCUT2D eigenvalue weighted by atomic mass is 10.1. The summed E-state index contributed by atoms with van der Waals surface area (Å²) in [6.07, 6.45) is 21.3. The van der Waals surface area contributed by atoms with Crippen molar-refractivity contribution < 1.29 is 29.0 Å². The maximum absolute atomic E-state index is 11.4. The molecule has 0 aliphatic rings. The number of carboxylic acid groups (broad SMARTS) is 1. The average Bonchev–Trinajstić information content (AvgIpc) is 2.89. The summed E-state index contributed by atoms with van der Waals surface area (Å²) >= 11 is 0. The molecule has 0 radical (unpaired) electrons. The van der Waals surface area contributed by atoms with Crippen molar-refractivity contribution in [3.05, 3.63) is 0 Å². The Morgan fingerprint density at radius 2 is 0.974 bits per heavy atom. The van der Waals surface area contributed by atoms with Gasteiger partial charge in [-0.3, -0.25) is 9.59 Å². The van der Waals surface area contributed by atoms with Gasteiger partial charge < -0.3 is 25.6 Å². The summed E-state index contributed by atoms with van der Waals surface area (Å²) in [5.74, 6) is -0.198. The summed E-state index contributed by atoms with van der Waals surface area (Å²) in [4.78, 5) is 32.9. The van der Waals surface area contributed by atoms with E-state index >= 15 is 0 Å². The van der Waals surface area contributed by atoms with Gasteiger partial charge in [0.1, 0.15) is 0 Å². The smallest absolute Gasteiger partial charge is 0.404 e. The molecule has 0 aromatic rings. The second kappa shape index (κ2) is 33.2. The van der Waals surface area contributed by atoms with Crippen LogP contribution in [-0.4, -0.2) is 49.4 Å². The molecule has 0 aromatic heterocycles. The maximum Gasteiger partial charge on any atom is 0.404 e. The van der Waals surface area contributed by atoms with Crippen molar-refractivity contribution in [2.75, 3.05) is 26.3 Å². The minimum absolute atomic E-state index is 0.0653. The van der Waals surface area contributed by atoms with Crippen molar-refractivity contribution in [2.24, 2.45) is 5.73 Å². The molecule has 0 rings (SSSR count). The predicted octanol–water partition coefficient (Wildman–Crippen LogP) is 7.52. The summed E-state index contributed by atoms with van der Waals surface area (Å²) < 4.78 is 10.3. The number of rotatable bonds is 26. The first-order valence-corrected chi connectivity index (χ1v) is 15.5. The first-order valence-electron chi connectivity index (χ1n) is 15.5. The third-order valence-electron chi connectivity index (χ3n) is 6.19. The molecule has 0 heterocycles. The molecule has 0 unspecified atom stereocenters. The molecule has 0 spiro atoms. The Balaban J connectivity index is 0. The SMILES string of the molecule is CCCCCCCCCOC(=O)CCCCCNC(=O)O.CCCCCCCCCOC(=O)CCCCN. The van der Waals surface area contributed by atoms with Crippen LogP contribution in [0, 0.1) is 0 Å². The zero-order valence-corrected chi connectivity index (χ0v) is 24.7. The van der Waals surface area contributed by atoms with E-state index < -0.39 is 6.09 Å². The van der Waals surface area contributed by atoms with Crippen molar-refractivity contribution in [1.82, 2.24) is 5.32 Å². The Hall–Kier alpha value is -1.83. The molecule has 4 N–H and O–H groups in total. The highest BCUT2D eigenvalue weighted by Gasteiger charge is 2.03. The molecule has 0 aliphatic heterocycles. The molecule has 1 amide bonds. The second-order valence-electron chi connectivity index (χ2n) is 9.97. The van der Waals surface area contributed by atoms with Crippen LogP contribution in [0.2, 0.25) is 0 Å². The number of unbranched alkanes of at least 4 members (excludes halogenated alkanes) is 15. The molecule has 0 bridgehead atoms. The summed E-state index contributed by atoms with van der Waals surface area (Å²) in [6, 6.07) is 0. The Morgan fingerprint density at radius 1 is 0.579 bits per heavy atom. The molecule has 0 saturated carbocycles. The highest BCUT2D eigenvalue weighted by molar-refractivity contribution is 5.69. The summed E-state index contributed by atoms with van der Waals surface area (Å²) in [5.41, 5.74) is 5.35. The Kier molecular flexibility index (Phi) is 33.5. The first kappa shape index (κ1) is 38.3.